The van der Waals surface area contributed by atoms with Gasteiger partial charge in [-0.25, -0.2) is 4.39 Å². The average molecular weight is 335 g/mol. The molecule has 2 aromatic rings. The Morgan fingerprint density at radius 3 is 2.26 bits per heavy atom. The minimum atomic E-state index is -0.467. The zero-order valence-electron chi connectivity index (χ0n) is 12.5. The molecule has 0 aromatic heterocycles. The van der Waals surface area contributed by atoms with E-state index in [1.165, 1.54) is 31.2 Å². The number of carbonyl (C=O) groups excluding carboxylic acids is 2. The number of hydrogen-bond donors (Lipinski definition) is 2. The molecule has 0 radical (unpaired) electrons. The highest BCUT2D eigenvalue weighted by atomic mass is 35.5. The van der Waals surface area contributed by atoms with Gasteiger partial charge in [0, 0.05) is 17.6 Å². The topological polar surface area (TPSA) is 58.2 Å². The SMILES string of the molecule is CC(=O)NC(CC(=O)Nc1ccc(F)cc1)c1ccc(Cl)cc1. The third-order valence-corrected chi connectivity index (χ3v) is 3.42. The molecule has 120 valence electrons. The van der Waals surface area contributed by atoms with Crippen LogP contribution in [0.15, 0.2) is 48.5 Å². The molecule has 4 nitrogen and oxygen atoms in total. The summed E-state index contributed by atoms with van der Waals surface area (Å²) in [5.41, 5.74) is 1.27. The van der Waals surface area contributed by atoms with E-state index in [9.17, 15) is 14.0 Å². The van der Waals surface area contributed by atoms with Crippen molar-refractivity contribution >= 4 is 29.1 Å². The molecular weight excluding hydrogens is 319 g/mol. The molecular formula is C17H16ClFN2O2. The standard InChI is InChI=1S/C17H16ClFN2O2/c1-11(22)20-16(12-2-4-13(18)5-3-12)10-17(23)21-15-8-6-14(19)7-9-15/h2-9,16H,10H2,1H3,(H,20,22)(H,21,23). The van der Waals surface area contributed by atoms with Gasteiger partial charge in [-0.2, -0.15) is 0 Å². The summed E-state index contributed by atoms with van der Waals surface area (Å²) in [6, 6.07) is 11.9. The van der Waals surface area contributed by atoms with E-state index in [0.29, 0.717) is 10.7 Å². The van der Waals surface area contributed by atoms with Crippen LogP contribution in [-0.4, -0.2) is 11.8 Å². The zero-order chi connectivity index (χ0) is 16.8. The highest BCUT2D eigenvalue weighted by Gasteiger charge is 2.17. The van der Waals surface area contributed by atoms with Gasteiger partial charge in [0.15, 0.2) is 0 Å². The summed E-state index contributed by atoms with van der Waals surface area (Å²) in [5, 5.41) is 5.98. The lowest BCUT2D eigenvalue weighted by molar-refractivity contribution is -0.120. The van der Waals surface area contributed by atoms with Crippen molar-refractivity contribution in [3.05, 3.63) is 64.9 Å². The first-order valence-electron chi connectivity index (χ1n) is 7.02. The summed E-state index contributed by atoms with van der Waals surface area (Å²) in [5.74, 6) is -0.898. The van der Waals surface area contributed by atoms with Crippen molar-refractivity contribution in [3.8, 4) is 0 Å². The van der Waals surface area contributed by atoms with E-state index in [0.717, 1.165) is 5.56 Å². The van der Waals surface area contributed by atoms with E-state index in [1.54, 1.807) is 24.3 Å². The predicted molar refractivity (Wildman–Crippen MR) is 87.7 cm³/mol. The normalized spacial score (nSPS) is 11.6. The van der Waals surface area contributed by atoms with Crippen LogP contribution >= 0.6 is 11.6 Å². The summed E-state index contributed by atoms with van der Waals surface area (Å²) in [6.07, 6.45) is 0.0542. The Labute approximate surface area is 138 Å². The molecule has 2 rings (SSSR count). The van der Waals surface area contributed by atoms with Crippen LogP contribution in [0.2, 0.25) is 5.02 Å². The number of benzene rings is 2. The first kappa shape index (κ1) is 17.0. The smallest absolute Gasteiger partial charge is 0.226 e. The lowest BCUT2D eigenvalue weighted by Crippen LogP contribution is -2.29. The van der Waals surface area contributed by atoms with Crippen LogP contribution in [0.3, 0.4) is 0 Å². The third kappa shape index (κ3) is 5.38. The molecule has 1 atom stereocenters. The van der Waals surface area contributed by atoms with E-state index >= 15 is 0 Å². The van der Waals surface area contributed by atoms with Gasteiger partial charge in [0.1, 0.15) is 5.82 Å². The molecule has 1 unspecified atom stereocenters. The molecule has 2 amide bonds. The van der Waals surface area contributed by atoms with Crippen LogP contribution in [0.25, 0.3) is 0 Å². The number of rotatable bonds is 5. The fourth-order valence-corrected chi connectivity index (χ4v) is 2.25. The number of nitrogens with one attached hydrogen (secondary N) is 2. The summed E-state index contributed by atoms with van der Waals surface area (Å²) in [6.45, 7) is 1.39. The molecule has 6 heteroatoms. The van der Waals surface area contributed by atoms with Crippen LogP contribution in [0.5, 0.6) is 0 Å². The maximum absolute atomic E-state index is 12.9. The van der Waals surface area contributed by atoms with Crippen LogP contribution in [0.4, 0.5) is 10.1 Å². The molecule has 0 saturated carbocycles. The number of hydrogen-bond acceptors (Lipinski definition) is 2. The van der Waals surface area contributed by atoms with E-state index in [4.69, 9.17) is 11.6 Å². The number of carbonyl (C=O) groups is 2. The molecule has 0 aliphatic carbocycles. The van der Waals surface area contributed by atoms with Crippen LogP contribution in [-0.2, 0) is 9.59 Å². The number of anilines is 1. The van der Waals surface area contributed by atoms with E-state index < -0.39 is 6.04 Å². The van der Waals surface area contributed by atoms with Crippen LogP contribution in [0.1, 0.15) is 24.9 Å². The highest BCUT2D eigenvalue weighted by Crippen LogP contribution is 2.20. The van der Waals surface area contributed by atoms with Crippen LogP contribution < -0.4 is 10.6 Å². The van der Waals surface area contributed by atoms with Gasteiger partial charge in [0.25, 0.3) is 0 Å². The maximum Gasteiger partial charge on any atom is 0.226 e. The Morgan fingerprint density at radius 1 is 1.09 bits per heavy atom. The summed E-state index contributed by atoms with van der Waals surface area (Å²) >= 11 is 5.85. The zero-order valence-corrected chi connectivity index (χ0v) is 13.2. The van der Waals surface area contributed by atoms with Gasteiger partial charge < -0.3 is 10.6 Å². The van der Waals surface area contributed by atoms with Gasteiger partial charge in [-0.1, -0.05) is 23.7 Å². The molecule has 23 heavy (non-hydrogen) atoms. The first-order valence-corrected chi connectivity index (χ1v) is 7.40. The third-order valence-electron chi connectivity index (χ3n) is 3.17. The van der Waals surface area contributed by atoms with Crippen molar-refractivity contribution < 1.29 is 14.0 Å². The van der Waals surface area contributed by atoms with Crippen LogP contribution in [0, 0.1) is 5.82 Å². The molecule has 0 spiro atoms. The molecule has 2 N–H and O–H groups in total. The largest absolute Gasteiger partial charge is 0.349 e. The van der Waals surface area contributed by atoms with Crippen molar-refractivity contribution in [2.45, 2.75) is 19.4 Å². The molecule has 0 aliphatic heterocycles. The molecule has 2 aromatic carbocycles. The molecule has 0 heterocycles. The average Bonchev–Trinajstić information content (AvgIpc) is 2.49. The molecule has 0 fully saturated rings. The van der Waals surface area contributed by atoms with Gasteiger partial charge >= 0.3 is 0 Å². The van der Waals surface area contributed by atoms with Crippen molar-refractivity contribution in [2.75, 3.05) is 5.32 Å². The minimum absolute atomic E-state index is 0.0542. The monoisotopic (exact) mass is 334 g/mol. The highest BCUT2D eigenvalue weighted by molar-refractivity contribution is 6.30. The molecule has 0 aliphatic rings. The second kappa shape index (κ2) is 7.74. The second-order valence-corrected chi connectivity index (χ2v) is 5.50. The van der Waals surface area contributed by atoms with Crippen molar-refractivity contribution in [2.24, 2.45) is 0 Å². The summed E-state index contributed by atoms with van der Waals surface area (Å²) in [4.78, 5) is 23.5. The van der Waals surface area contributed by atoms with Crippen molar-refractivity contribution in [1.82, 2.24) is 5.32 Å². The Kier molecular flexibility index (Phi) is 5.71. The Balaban J connectivity index is 2.07. The molecule has 0 bridgehead atoms. The quantitative estimate of drug-likeness (QED) is 0.876. The maximum atomic E-state index is 12.9. The number of halogens is 2. The van der Waals surface area contributed by atoms with E-state index in [1.807, 2.05) is 0 Å². The van der Waals surface area contributed by atoms with E-state index in [2.05, 4.69) is 10.6 Å². The molecule has 0 saturated heterocycles. The Hall–Kier alpha value is -2.40. The Bertz CT molecular complexity index is 687. The second-order valence-electron chi connectivity index (χ2n) is 5.06. The van der Waals surface area contributed by atoms with Gasteiger partial charge in [-0.05, 0) is 42.0 Å². The fraction of sp³-hybridized carbons (Fsp3) is 0.176. The first-order chi connectivity index (χ1) is 10.9. The summed E-state index contributed by atoms with van der Waals surface area (Å²) < 4.78 is 12.9. The van der Waals surface area contributed by atoms with Gasteiger partial charge in [-0.15, -0.1) is 0 Å². The Morgan fingerprint density at radius 2 is 1.70 bits per heavy atom. The lowest BCUT2D eigenvalue weighted by Gasteiger charge is -2.18. The lowest BCUT2D eigenvalue weighted by atomic mass is 10.0. The minimum Gasteiger partial charge on any atom is -0.349 e. The predicted octanol–water partition coefficient (Wildman–Crippen LogP) is 3.69. The van der Waals surface area contributed by atoms with Gasteiger partial charge in [0.05, 0.1) is 12.5 Å². The summed E-state index contributed by atoms with van der Waals surface area (Å²) in [7, 11) is 0. The van der Waals surface area contributed by atoms with Gasteiger partial charge in [-0.3, -0.25) is 9.59 Å². The van der Waals surface area contributed by atoms with E-state index in [-0.39, 0.29) is 24.1 Å². The van der Waals surface area contributed by atoms with Crippen molar-refractivity contribution in [3.63, 3.8) is 0 Å². The fourth-order valence-electron chi connectivity index (χ4n) is 2.12. The number of amides is 2. The van der Waals surface area contributed by atoms with Crippen molar-refractivity contribution in [1.29, 1.82) is 0 Å². The van der Waals surface area contributed by atoms with Gasteiger partial charge in [0.2, 0.25) is 11.8 Å².